The van der Waals surface area contributed by atoms with Gasteiger partial charge in [0.25, 0.3) is 0 Å². The van der Waals surface area contributed by atoms with Gasteiger partial charge in [-0.05, 0) is 44.9 Å². The number of carbonyl (C=O) groups is 1. The van der Waals surface area contributed by atoms with Crippen LogP contribution in [0.1, 0.15) is 26.3 Å². The molecule has 1 aromatic heterocycles. The Labute approximate surface area is 162 Å². The third kappa shape index (κ3) is 5.54. The van der Waals surface area contributed by atoms with E-state index in [2.05, 4.69) is 40.2 Å². The van der Waals surface area contributed by atoms with Gasteiger partial charge in [-0.15, -0.1) is 0 Å². The van der Waals surface area contributed by atoms with E-state index in [0.717, 1.165) is 44.8 Å². The minimum atomic E-state index is -0.441. The Morgan fingerprint density at radius 1 is 1.04 bits per heavy atom. The number of hydrogen-bond donors (Lipinski definition) is 0. The SMILES string of the molecule is CC(C)(C)OC(=O)N1CCN(CCc2ccccc2-c2ccccn2)CC1. The summed E-state index contributed by atoms with van der Waals surface area (Å²) in [6.07, 6.45) is 2.60. The molecule has 1 fully saturated rings. The van der Waals surface area contributed by atoms with Crippen LogP contribution in [-0.4, -0.2) is 59.2 Å². The summed E-state index contributed by atoms with van der Waals surface area (Å²) in [7, 11) is 0. The number of hydrogen-bond acceptors (Lipinski definition) is 4. The van der Waals surface area contributed by atoms with Crippen molar-refractivity contribution in [2.75, 3.05) is 32.7 Å². The average Bonchev–Trinajstić information content (AvgIpc) is 2.66. The van der Waals surface area contributed by atoms with E-state index in [-0.39, 0.29) is 6.09 Å². The Morgan fingerprint density at radius 3 is 2.41 bits per heavy atom. The number of benzene rings is 1. The molecule has 2 heterocycles. The van der Waals surface area contributed by atoms with Crippen molar-refractivity contribution in [1.82, 2.24) is 14.8 Å². The van der Waals surface area contributed by atoms with Gasteiger partial charge in [0.15, 0.2) is 0 Å². The highest BCUT2D eigenvalue weighted by Crippen LogP contribution is 2.22. The van der Waals surface area contributed by atoms with Crippen molar-refractivity contribution in [3.63, 3.8) is 0 Å². The molecular formula is C22H29N3O2. The van der Waals surface area contributed by atoms with Crippen LogP contribution in [0.2, 0.25) is 0 Å². The van der Waals surface area contributed by atoms with Gasteiger partial charge in [-0.3, -0.25) is 9.88 Å². The third-order valence-corrected chi connectivity index (χ3v) is 4.68. The molecule has 1 aliphatic heterocycles. The zero-order valence-electron chi connectivity index (χ0n) is 16.5. The molecule has 1 aromatic carbocycles. The number of amides is 1. The molecule has 3 rings (SSSR count). The number of piperazine rings is 1. The molecule has 0 atom stereocenters. The number of aromatic nitrogens is 1. The van der Waals surface area contributed by atoms with Gasteiger partial charge < -0.3 is 9.64 Å². The molecule has 0 saturated carbocycles. The summed E-state index contributed by atoms with van der Waals surface area (Å²) < 4.78 is 5.47. The summed E-state index contributed by atoms with van der Waals surface area (Å²) in [6, 6.07) is 14.5. The molecule has 0 bridgehead atoms. The summed E-state index contributed by atoms with van der Waals surface area (Å²) in [4.78, 5) is 20.9. The Morgan fingerprint density at radius 2 is 1.74 bits per heavy atom. The Bertz CT molecular complexity index is 748. The normalized spacial score (nSPS) is 15.6. The Hall–Kier alpha value is -2.40. The highest BCUT2D eigenvalue weighted by molar-refractivity contribution is 5.68. The molecule has 5 nitrogen and oxygen atoms in total. The zero-order chi connectivity index (χ0) is 19.3. The first-order valence-electron chi connectivity index (χ1n) is 9.62. The van der Waals surface area contributed by atoms with Crippen LogP contribution in [0.5, 0.6) is 0 Å². The van der Waals surface area contributed by atoms with Gasteiger partial charge in [0.1, 0.15) is 5.60 Å². The van der Waals surface area contributed by atoms with E-state index >= 15 is 0 Å². The fourth-order valence-electron chi connectivity index (χ4n) is 3.27. The van der Waals surface area contributed by atoms with Crippen LogP contribution in [0, 0.1) is 0 Å². The van der Waals surface area contributed by atoms with Crippen LogP contribution in [0.4, 0.5) is 4.79 Å². The predicted molar refractivity (Wildman–Crippen MR) is 108 cm³/mol. The quantitative estimate of drug-likeness (QED) is 0.824. The second kappa shape index (κ2) is 8.53. The van der Waals surface area contributed by atoms with Crippen molar-refractivity contribution in [1.29, 1.82) is 0 Å². The predicted octanol–water partition coefficient (Wildman–Crippen LogP) is 3.84. The second-order valence-electron chi connectivity index (χ2n) is 7.93. The van der Waals surface area contributed by atoms with Crippen molar-refractivity contribution in [3.8, 4) is 11.3 Å². The topological polar surface area (TPSA) is 45.7 Å². The zero-order valence-corrected chi connectivity index (χ0v) is 16.5. The molecule has 27 heavy (non-hydrogen) atoms. The molecule has 5 heteroatoms. The average molecular weight is 367 g/mol. The van der Waals surface area contributed by atoms with E-state index < -0.39 is 5.60 Å². The Kier molecular flexibility index (Phi) is 6.11. The van der Waals surface area contributed by atoms with E-state index in [1.54, 1.807) is 0 Å². The van der Waals surface area contributed by atoms with Crippen LogP contribution in [0.3, 0.4) is 0 Å². The van der Waals surface area contributed by atoms with Crippen molar-refractivity contribution >= 4 is 6.09 Å². The minimum absolute atomic E-state index is 0.206. The highest BCUT2D eigenvalue weighted by atomic mass is 16.6. The maximum atomic E-state index is 12.2. The lowest BCUT2D eigenvalue weighted by molar-refractivity contribution is 0.0146. The van der Waals surface area contributed by atoms with Gasteiger partial charge in [0.2, 0.25) is 0 Å². The van der Waals surface area contributed by atoms with Gasteiger partial charge in [-0.2, -0.15) is 0 Å². The van der Waals surface area contributed by atoms with E-state index in [4.69, 9.17) is 4.74 Å². The molecule has 0 N–H and O–H groups in total. The molecule has 1 aliphatic rings. The first kappa shape index (κ1) is 19.4. The molecule has 1 amide bonds. The van der Waals surface area contributed by atoms with E-state index in [9.17, 15) is 4.79 Å². The van der Waals surface area contributed by atoms with Gasteiger partial charge >= 0.3 is 6.09 Å². The maximum Gasteiger partial charge on any atom is 0.410 e. The summed E-state index contributed by atoms with van der Waals surface area (Å²) >= 11 is 0. The maximum absolute atomic E-state index is 12.2. The number of carbonyl (C=O) groups excluding carboxylic acids is 1. The molecule has 2 aromatic rings. The lowest BCUT2D eigenvalue weighted by atomic mass is 10.0. The lowest BCUT2D eigenvalue weighted by Crippen LogP contribution is -2.50. The molecule has 144 valence electrons. The lowest BCUT2D eigenvalue weighted by Gasteiger charge is -2.35. The largest absolute Gasteiger partial charge is 0.444 e. The number of rotatable bonds is 4. The summed E-state index contributed by atoms with van der Waals surface area (Å²) in [5.41, 5.74) is 3.09. The van der Waals surface area contributed by atoms with Crippen LogP contribution in [0.15, 0.2) is 48.7 Å². The number of ether oxygens (including phenoxy) is 1. The molecule has 0 aliphatic carbocycles. The molecule has 0 radical (unpaired) electrons. The van der Waals surface area contributed by atoms with E-state index in [1.165, 1.54) is 11.1 Å². The molecule has 1 saturated heterocycles. The van der Waals surface area contributed by atoms with Crippen LogP contribution < -0.4 is 0 Å². The standard InChI is InChI=1S/C22H29N3O2/c1-22(2,3)27-21(26)25-16-14-24(15-17-25)13-11-18-8-4-5-9-19(18)20-10-6-7-12-23-20/h4-10,12H,11,13-17H2,1-3H3. The number of pyridine rings is 1. The second-order valence-corrected chi connectivity index (χ2v) is 7.93. The summed E-state index contributed by atoms with van der Waals surface area (Å²) in [5, 5.41) is 0. The highest BCUT2D eigenvalue weighted by Gasteiger charge is 2.25. The van der Waals surface area contributed by atoms with Crippen LogP contribution in [0.25, 0.3) is 11.3 Å². The van der Waals surface area contributed by atoms with Gasteiger partial charge in [-0.25, -0.2) is 4.79 Å². The smallest absolute Gasteiger partial charge is 0.410 e. The summed E-state index contributed by atoms with van der Waals surface area (Å²) in [6.45, 7) is 9.89. The fourth-order valence-corrected chi connectivity index (χ4v) is 3.27. The molecule has 0 spiro atoms. The minimum Gasteiger partial charge on any atom is -0.444 e. The third-order valence-electron chi connectivity index (χ3n) is 4.68. The van der Waals surface area contributed by atoms with Crippen molar-refractivity contribution in [2.24, 2.45) is 0 Å². The van der Waals surface area contributed by atoms with E-state index in [1.807, 2.05) is 44.0 Å². The Balaban J connectivity index is 1.54. The van der Waals surface area contributed by atoms with Gasteiger partial charge in [-0.1, -0.05) is 30.3 Å². The fraction of sp³-hybridized carbons (Fsp3) is 0.455. The molecular weight excluding hydrogens is 338 g/mol. The van der Waals surface area contributed by atoms with E-state index in [0.29, 0.717) is 0 Å². The number of nitrogens with zero attached hydrogens (tertiary/aromatic N) is 3. The van der Waals surface area contributed by atoms with Gasteiger partial charge in [0, 0.05) is 44.5 Å². The van der Waals surface area contributed by atoms with Crippen LogP contribution >= 0.6 is 0 Å². The van der Waals surface area contributed by atoms with Crippen molar-refractivity contribution in [3.05, 3.63) is 54.2 Å². The first-order chi connectivity index (χ1) is 12.9. The summed E-state index contributed by atoms with van der Waals surface area (Å²) in [5.74, 6) is 0. The van der Waals surface area contributed by atoms with Crippen molar-refractivity contribution < 1.29 is 9.53 Å². The monoisotopic (exact) mass is 367 g/mol. The molecule has 0 unspecified atom stereocenters. The van der Waals surface area contributed by atoms with Crippen molar-refractivity contribution in [2.45, 2.75) is 32.8 Å². The first-order valence-corrected chi connectivity index (χ1v) is 9.62. The van der Waals surface area contributed by atoms with Gasteiger partial charge in [0.05, 0.1) is 5.69 Å². The van der Waals surface area contributed by atoms with Crippen LogP contribution in [-0.2, 0) is 11.2 Å².